The molecular weight excluding hydrogens is 1070 g/mol. The number of nitrogens with one attached hydrogen (secondary N) is 3. The Balaban J connectivity index is 1.16. The Kier molecular flexibility index (Phi) is 18.5. The van der Waals surface area contributed by atoms with Crippen molar-refractivity contribution >= 4 is 41.8 Å². The lowest BCUT2D eigenvalue weighted by molar-refractivity contribution is -0.374. The molecule has 1 aliphatic carbocycles. The fourth-order valence-electron chi connectivity index (χ4n) is 9.84. The number of carbonyl (C=O) groups is 7. The van der Waals surface area contributed by atoms with E-state index in [4.69, 9.17) is 52.1 Å². The van der Waals surface area contributed by atoms with Crippen LogP contribution in [-0.4, -0.2) is 135 Å². The van der Waals surface area contributed by atoms with Gasteiger partial charge in [-0.1, -0.05) is 78.9 Å². The number of rotatable bonds is 17. The Hall–Kier alpha value is -7.62. The fraction of sp³-hybridized carbons (Fsp3) is 0.426. The number of alkyl carbamates (subject to hydrolysis) is 1. The highest BCUT2D eigenvalue weighted by Crippen LogP contribution is 2.45. The summed E-state index contributed by atoms with van der Waals surface area (Å²) in [7, 11) is 0. The summed E-state index contributed by atoms with van der Waals surface area (Å²) < 4.78 is 139. The van der Waals surface area contributed by atoms with Gasteiger partial charge in [0.25, 0.3) is 0 Å². The molecular formula is C54H54F5N3O18. The van der Waals surface area contributed by atoms with Gasteiger partial charge in [-0.3, -0.25) is 24.0 Å². The van der Waals surface area contributed by atoms with Crippen LogP contribution in [0, 0.1) is 29.1 Å². The molecule has 0 spiro atoms. The molecule has 8 rings (SSSR count). The normalized spacial score (nSPS) is 25.7. The van der Waals surface area contributed by atoms with E-state index in [0.29, 0.717) is 5.56 Å². The van der Waals surface area contributed by atoms with Crippen LogP contribution in [0.4, 0.5) is 26.7 Å². The van der Waals surface area contributed by atoms with Crippen molar-refractivity contribution in [1.29, 1.82) is 0 Å². The minimum Gasteiger partial charge on any atom is -0.463 e. The van der Waals surface area contributed by atoms with Gasteiger partial charge in [-0.05, 0) is 29.2 Å². The number of halogens is 5. The molecule has 428 valence electrons. The van der Waals surface area contributed by atoms with Gasteiger partial charge < -0.3 is 68.1 Å². The van der Waals surface area contributed by atoms with Crippen LogP contribution in [0.2, 0.25) is 0 Å². The van der Waals surface area contributed by atoms with E-state index in [-0.39, 0.29) is 13.2 Å². The molecule has 3 N–H and O–H groups in total. The maximum Gasteiger partial charge on any atom is 0.407 e. The van der Waals surface area contributed by atoms with Crippen molar-refractivity contribution in [3.8, 4) is 16.9 Å². The molecule has 0 radical (unpaired) electrons. The number of amides is 3. The number of carbonyl (C=O) groups excluding carboxylic acids is 7. The third-order valence-electron chi connectivity index (χ3n) is 13.2. The molecule has 3 fully saturated rings. The monoisotopic (exact) mass is 1130 g/mol. The van der Waals surface area contributed by atoms with Crippen LogP contribution in [0.15, 0.2) is 78.9 Å². The van der Waals surface area contributed by atoms with Gasteiger partial charge >= 0.3 is 30.0 Å². The van der Waals surface area contributed by atoms with Gasteiger partial charge in [-0.25, -0.2) is 22.8 Å². The molecule has 4 aromatic rings. The summed E-state index contributed by atoms with van der Waals surface area (Å²) in [6.07, 6.45) is -17.0. The molecule has 4 aromatic carbocycles. The van der Waals surface area contributed by atoms with E-state index in [2.05, 4.69) is 16.0 Å². The Labute approximate surface area is 452 Å². The van der Waals surface area contributed by atoms with Crippen molar-refractivity contribution in [2.24, 2.45) is 0 Å². The van der Waals surface area contributed by atoms with Gasteiger partial charge in [0.2, 0.25) is 46.6 Å². The molecule has 0 bridgehead atoms. The van der Waals surface area contributed by atoms with Crippen LogP contribution < -0.4 is 20.7 Å². The molecule has 3 amide bonds. The average molecular weight is 1130 g/mol. The number of hydrogen-bond donors (Lipinski definition) is 3. The first kappa shape index (κ1) is 58.5. The van der Waals surface area contributed by atoms with Crippen molar-refractivity contribution < 1.29 is 108 Å². The van der Waals surface area contributed by atoms with Gasteiger partial charge in [0, 0.05) is 46.1 Å². The molecule has 3 saturated heterocycles. The Bertz CT molecular complexity index is 2920. The standard InChI is InChI=1S/C54H54F5N3O18/c1-23(42(50(68)78-47-40(58)38(56)37(55)39(57)41(47)59)62-54(69)72-20-34-32-18-12-10-16-30(32)31-17-11-13-19-33(31)34)73-52-44(61-25(3)64)49(46-36(76-52)22-71-51(79-46)29-14-8-7-9-15-29)80-53-43(60-24(2)63)48(75-28(6)67)45(74-27(5)66)35(77-53)21-70-26(4)65/h7-19,23,34-36,42-46,48-49,51-53H,20-22H2,1-6H3,(H,60,63)(H,61,64)(H,62,69)/t23-,35-,36-,42+,43-,44-,45-,46+,48-,49-,51+,52+,53+/m1/s1. The summed E-state index contributed by atoms with van der Waals surface area (Å²) in [4.78, 5) is 91.8. The molecule has 4 aliphatic rings. The van der Waals surface area contributed by atoms with Gasteiger partial charge in [-0.2, -0.15) is 8.78 Å². The van der Waals surface area contributed by atoms with E-state index in [1.165, 1.54) is 0 Å². The van der Waals surface area contributed by atoms with Crippen molar-refractivity contribution in [3.05, 3.63) is 125 Å². The predicted octanol–water partition coefficient (Wildman–Crippen LogP) is 4.99. The smallest absolute Gasteiger partial charge is 0.407 e. The van der Waals surface area contributed by atoms with Crippen molar-refractivity contribution in [1.82, 2.24) is 16.0 Å². The zero-order valence-electron chi connectivity index (χ0n) is 43.4. The topological polar surface area (TPSA) is 257 Å². The molecule has 80 heavy (non-hydrogen) atoms. The largest absolute Gasteiger partial charge is 0.463 e. The van der Waals surface area contributed by atoms with Gasteiger partial charge in [0.1, 0.15) is 49.7 Å². The average Bonchev–Trinajstić information content (AvgIpc) is 3.82. The third-order valence-corrected chi connectivity index (χ3v) is 13.2. The van der Waals surface area contributed by atoms with Gasteiger partial charge in [0.15, 0.2) is 37.1 Å². The molecule has 0 saturated carbocycles. The van der Waals surface area contributed by atoms with Crippen LogP contribution in [0.3, 0.4) is 0 Å². The molecule has 3 aliphatic heterocycles. The van der Waals surface area contributed by atoms with Gasteiger partial charge in [0.05, 0.1) is 12.7 Å². The number of hydrogen-bond acceptors (Lipinski definition) is 18. The van der Waals surface area contributed by atoms with E-state index < -0.39 is 169 Å². The highest BCUT2D eigenvalue weighted by molar-refractivity contribution is 5.84. The van der Waals surface area contributed by atoms with E-state index in [9.17, 15) is 46.7 Å². The molecule has 21 nitrogen and oxygen atoms in total. The van der Waals surface area contributed by atoms with Crippen LogP contribution in [0.5, 0.6) is 5.75 Å². The van der Waals surface area contributed by atoms with Crippen molar-refractivity contribution in [2.75, 3.05) is 19.8 Å². The number of ether oxygens (including phenoxy) is 11. The van der Waals surface area contributed by atoms with Gasteiger partial charge in [-0.15, -0.1) is 0 Å². The highest BCUT2D eigenvalue weighted by atomic mass is 19.2. The molecule has 26 heteroatoms. The highest BCUT2D eigenvalue weighted by Gasteiger charge is 2.57. The third kappa shape index (κ3) is 13.0. The van der Waals surface area contributed by atoms with Crippen molar-refractivity contribution in [3.63, 3.8) is 0 Å². The summed E-state index contributed by atoms with van der Waals surface area (Å²) >= 11 is 0. The minimum atomic E-state index is -2.56. The maximum atomic E-state index is 15.1. The number of fused-ring (bicyclic) bond motifs is 4. The maximum absolute atomic E-state index is 15.1. The lowest BCUT2D eigenvalue weighted by atomic mass is 9.93. The van der Waals surface area contributed by atoms with E-state index >= 15 is 8.78 Å². The summed E-state index contributed by atoms with van der Waals surface area (Å²) in [5.74, 6) is -21.1. The number of benzene rings is 4. The molecule has 0 unspecified atom stereocenters. The lowest BCUT2D eigenvalue weighted by Crippen LogP contribution is -2.71. The Morgan fingerprint density at radius 2 is 1.16 bits per heavy atom. The van der Waals surface area contributed by atoms with Crippen LogP contribution in [-0.2, 0) is 76.1 Å². The summed E-state index contributed by atoms with van der Waals surface area (Å²) in [6, 6.07) is 17.5. The SMILES string of the molecule is CC(=O)N[C@H]1[C@@H](O[C@H](C)[C@H](NC(=O)OCC2c3ccccc3-c3ccccc32)C(=O)Oc2c(F)c(F)c(F)c(F)c2F)O[C@@H]2CO[C@H](c3ccccc3)O[C@@H]2[C@@H]1O[C@@H]1O[C@H](COC(C)=O)[C@@H](OC(C)=O)[C@H](OC(C)=O)[C@H]1NC(C)=O. The van der Waals surface area contributed by atoms with Crippen molar-refractivity contribution in [2.45, 2.75) is 127 Å². The summed E-state index contributed by atoms with van der Waals surface area (Å²) in [6.45, 7) is 5.09. The minimum absolute atomic E-state index is 0.338. The quantitative estimate of drug-likeness (QED) is 0.0314. The lowest BCUT2D eigenvalue weighted by Gasteiger charge is -2.52. The van der Waals surface area contributed by atoms with E-state index in [1.807, 2.05) is 36.4 Å². The Morgan fingerprint density at radius 3 is 1.74 bits per heavy atom. The Morgan fingerprint density at radius 1 is 0.613 bits per heavy atom. The first-order valence-electron chi connectivity index (χ1n) is 24.9. The van der Waals surface area contributed by atoms with Crippen LogP contribution in [0.1, 0.15) is 70.4 Å². The predicted molar refractivity (Wildman–Crippen MR) is 260 cm³/mol. The zero-order chi connectivity index (χ0) is 57.7. The first-order chi connectivity index (χ1) is 38.1. The molecule has 3 heterocycles. The van der Waals surface area contributed by atoms with Crippen LogP contribution >= 0.6 is 0 Å². The first-order valence-corrected chi connectivity index (χ1v) is 24.9. The second-order valence-electron chi connectivity index (χ2n) is 18.9. The summed E-state index contributed by atoms with van der Waals surface area (Å²) in [5.41, 5.74) is 3.78. The zero-order valence-corrected chi connectivity index (χ0v) is 43.4. The van der Waals surface area contributed by atoms with Crippen LogP contribution in [0.25, 0.3) is 11.1 Å². The molecule has 0 aromatic heterocycles. The second-order valence-corrected chi connectivity index (χ2v) is 18.9. The molecule has 13 atom stereocenters. The number of esters is 4. The summed E-state index contributed by atoms with van der Waals surface area (Å²) in [5, 5.41) is 7.45. The van der Waals surface area contributed by atoms with E-state index in [0.717, 1.165) is 63.8 Å². The second kappa shape index (κ2) is 25.2. The van der Waals surface area contributed by atoms with E-state index in [1.54, 1.807) is 42.5 Å². The fourth-order valence-corrected chi connectivity index (χ4v) is 9.84.